The van der Waals surface area contributed by atoms with Gasteiger partial charge >= 0.3 is 0 Å². The zero-order valence-corrected chi connectivity index (χ0v) is 33.5. The van der Waals surface area contributed by atoms with E-state index in [2.05, 4.69) is 85.0 Å². The summed E-state index contributed by atoms with van der Waals surface area (Å²) in [5.74, 6) is 0.0582. The highest BCUT2D eigenvalue weighted by Crippen LogP contribution is 2.25. The highest BCUT2D eigenvalue weighted by Gasteiger charge is 2.27. The molecule has 0 spiro atoms. The lowest BCUT2D eigenvalue weighted by molar-refractivity contribution is -0.113. The molecule has 44 heavy (non-hydrogen) atoms. The highest BCUT2D eigenvalue weighted by atomic mass is 79.9. The van der Waals surface area contributed by atoms with E-state index < -0.39 is 0 Å². The van der Waals surface area contributed by atoms with Gasteiger partial charge in [0.15, 0.2) is 23.1 Å². The lowest BCUT2D eigenvalue weighted by atomic mass is 9.90. The topological polar surface area (TPSA) is 116 Å². The first-order valence-corrected chi connectivity index (χ1v) is 18.2. The quantitative estimate of drug-likeness (QED) is 0.147. The lowest BCUT2D eigenvalue weighted by Crippen LogP contribution is -2.49. The normalized spacial score (nSPS) is 24.1. The predicted octanol–water partition coefficient (Wildman–Crippen LogP) is 7.82. The molecule has 0 bridgehead atoms. The number of hydrogen-bond acceptors (Lipinski definition) is 8. The number of carbonyl (C=O) groups excluding carboxylic acids is 4. The SMILES string of the molecule is CC(=O)/C(Br)=C(/C)N[C@@H]1CCCC[C@H]1N/C(C)=C(/Br)C(C)=O.CC(=O)/C(Br)=C(/C)N[C@@H]1CCCC[C@H]1N/C(C)=C(/Br)C(C)=O. The van der Waals surface area contributed by atoms with Crippen LogP contribution in [0.4, 0.5) is 0 Å². The molecular weight excluding hydrogens is 824 g/mol. The standard InChI is InChI=1S/2C16H24Br2N2O2/c2*1-9(15(17)11(3)21)19-13-7-5-6-8-14(13)20-10(2)16(18)12(4)22/h2*13-14,19-20H,5-8H2,1-4H3/b2*15-9+,16-10+/t2*13-,14-/m11/s1. The van der Waals surface area contributed by atoms with Gasteiger partial charge in [0, 0.05) is 47.0 Å². The largest absolute Gasteiger partial charge is 0.383 e. The van der Waals surface area contributed by atoms with Crippen molar-refractivity contribution >= 4 is 86.9 Å². The van der Waals surface area contributed by atoms with Gasteiger partial charge in [-0.15, -0.1) is 0 Å². The van der Waals surface area contributed by atoms with Gasteiger partial charge in [0.2, 0.25) is 0 Å². The van der Waals surface area contributed by atoms with Crippen molar-refractivity contribution < 1.29 is 19.2 Å². The molecule has 0 radical (unpaired) electrons. The van der Waals surface area contributed by atoms with Crippen molar-refractivity contribution in [1.82, 2.24) is 21.3 Å². The maximum absolute atomic E-state index is 11.4. The Balaban J connectivity index is 0.000000440. The third kappa shape index (κ3) is 13.6. The minimum Gasteiger partial charge on any atom is -0.383 e. The summed E-state index contributed by atoms with van der Waals surface area (Å²) in [5, 5.41) is 13.8. The maximum atomic E-state index is 11.4. The van der Waals surface area contributed by atoms with Crippen LogP contribution >= 0.6 is 63.7 Å². The van der Waals surface area contributed by atoms with Crippen LogP contribution in [0.25, 0.3) is 0 Å². The van der Waals surface area contributed by atoms with Crippen LogP contribution in [-0.2, 0) is 19.2 Å². The van der Waals surface area contributed by atoms with Gasteiger partial charge in [0.05, 0.1) is 17.9 Å². The van der Waals surface area contributed by atoms with Gasteiger partial charge in [0.1, 0.15) is 0 Å². The molecule has 0 aromatic carbocycles. The average Bonchev–Trinajstić information content (AvgIpc) is 2.97. The zero-order valence-electron chi connectivity index (χ0n) is 27.1. The summed E-state index contributed by atoms with van der Waals surface area (Å²) in [6.45, 7) is 13.8. The Bertz CT molecular complexity index is 1020. The molecule has 2 fully saturated rings. The molecule has 0 aromatic rings. The van der Waals surface area contributed by atoms with Crippen LogP contribution in [0.1, 0.15) is 107 Å². The lowest BCUT2D eigenvalue weighted by Gasteiger charge is -2.35. The summed E-state index contributed by atoms with van der Waals surface area (Å²) < 4.78 is 2.37. The first-order chi connectivity index (χ1) is 20.5. The first kappa shape index (κ1) is 40.8. The molecule has 0 saturated heterocycles. The fourth-order valence-electron chi connectivity index (χ4n) is 5.37. The van der Waals surface area contributed by atoms with Gasteiger partial charge in [0.25, 0.3) is 0 Å². The number of allylic oxidation sites excluding steroid dienone is 8. The van der Waals surface area contributed by atoms with E-state index >= 15 is 0 Å². The molecule has 2 rings (SSSR count). The summed E-state index contributed by atoms with van der Waals surface area (Å²) in [7, 11) is 0. The first-order valence-electron chi connectivity index (χ1n) is 15.0. The molecular formula is C32H48Br4N4O4. The summed E-state index contributed by atoms with van der Waals surface area (Å²) in [6.07, 6.45) is 8.82. The maximum Gasteiger partial charge on any atom is 0.168 e. The van der Waals surface area contributed by atoms with Crippen molar-refractivity contribution in [1.29, 1.82) is 0 Å². The fraction of sp³-hybridized carbons (Fsp3) is 0.625. The van der Waals surface area contributed by atoms with Crippen LogP contribution in [0.5, 0.6) is 0 Å². The molecule has 2 aliphatic rings. The second-order valence-electron chi connectivity index (χ2n) is 11.6. The van der Waals surface area contributed by atoms with Crippen molar-refractivity contribution in [3.05, 3.63) is 40.7 Å². The molecule has 2 aliphatic carbocycles. The molecule has 0 unspecified atom stereocenters. The summed E-state index contributed by atoms with van der Waals surface area (Å²) in [4.78, 5) is 45.8. The van der Waals surface area contributed by atoms with Crippen LogP contribution in [0.15, 0.2) is 40.7 Å². The Morgan fingerprint density at radius 3 is 0.682 bits per heavy atom. The van der Waals surface area contributed by atoms with Gasteiger partial charge in [-0.1, -0.05) is 25.7 Å². The number of rotatable bonds is 12. The fourth-order valence-corrected chi connectivity index (χ4v) is 5.83. The third-order valence-corrected chi connectivity index (χ3v) is 12.3. The number of carbonyl (C=O) groups is 4. The van der Waals surface area contributed by atoms with Gasteiger partial charge in [-0.05, 0) is 145 Å². The highest BCUT2D eigenvalue weighted by molar-refractivity contribution is 9.12. The number of nitrogens with one attached hydrogen (secondary N) is 4. The molecule has 4 atom stereocenters. The van der Waals surface area contributed by atoms with E-state index in [4.69, 9.17) is 0 Å². The molecule has 12 heteroatoms. The van der Waals surface area contributed by atoms with Crippen molar-refractivity contribution in [2.75, 3.05) is 0 Å². The van der Waals surface area contributed by atoms with Crippen molar-refractivity contribution in [3.63, 3.8) is 0 Å². The number of hydrogen-bond donors (Lipinski definition) is 4. The number of ketones is 4. The van der Waals surface area contributed by atoms with E-state index in [1.807, 2.05) is 27.7 Å². The zero-order chi connectivity index (χ0) is 33.7. The minimum absolute atomic E-state index is 0.0146. The van der Waals surface area contributed by atoms with Crippen molar-refractivity contribution in [2.45, 2.75) is 131 Å². The van der Waals surface area contributed by atoms with Crippen LogP contribution in [0.3, 0.4) is 0 Å². The summed E-state index contributed by atoms with van der Waals surface area (Å²) in [5.41, 5.74) is 3.44. The Morgan fingerprint density at radius 2 is 0.545 bits per heavy atom. The molecule has 4 N–H and O–H groups in total. The van der Waals surface area contributed by atoms with Crippen LogP contribution in [0, 0.1) is 0 Å². The molecule has 2 saturated carbocycles. The molecule has 248 valence electrons. The van der Waals surface area contributed by atoms with E-state index in [1.54, 1.807) is 27.7 Å². The van der Waals surface area contributed by atoms with Crippen molar-refractivity contribution in [3.8, 4) is 0 Å². The molecule has 0 aliphatic heterocycles. The van der Waals surface area contributed by atoms with E-state index in [0.29, 0.717) is 17.9 Å². The minimum atomic E-state index is 0.0146. The Labute approximate surface area is 297 Å². The Morgan fingerprint density at radius 1 is 0.386 bits per heavy atom. The second-order valence-corrected chi connectivity index (χ2v) is 14.7. The van der Waals surface area contributed by atoms with E-state index in [1.165, 1.54) is 0 Å². The van der Waals surface area contributed by atoms with Gasteiger partial charge in [-0.3, -0.25) is 19.2 Å². The van der Waals surface area contributed by atoms with Crippen LogP contribution < -0.4 is 21.3 Å². The third-order valence-electron chi connectivity index (χ3n) is 7.69. The second kappa shape index (κ2) is 20.1. The predicted molar refractivity (Wildman–Crippen MR) is 194 cm³/mol. The van der Waals surface area contributed by atoms with E-state index in [-0.39, 0.29) is 47.3 Å². The number of halogens is 4. The summed E-state index contributed by atoms with van der Waals surface area (Å²) >= 11 is 13.3. The smallest absolute Gasteiger partial charge is 0.168 e. The summed E-state index contributed by atoms with van der Waals surface area (Å²) in [6, 6.07) is 0.955. The van der Waals surface area contributed by atoms with Gasteiger partial charge in [-0.25, -0.2) is 0 Å². The van der Waals surface area contributed by atoms with Crippen LogP contribution in [-0.4, -0.2) is 47.3 Å². The molecule has 8 nitrogen and oxygen atoms in total. The van der Waals surface area contributed by atoms with Crippen molar-refractivity contribution in [2.24, 2.45) is 0 Å². The Hall–Kier alpha value is -1.24. The van der Waals surface area contributed by atoms with Gasteiger partial charge < -0.3 is 21.3 Å². The van der Waals surface area contributed by atoms with E-state index in [0.717, 1.165) is 74.2 Å². The van der Waals surface area contributed by atoms with Crippen LogP contribution in [0.2, 0.25) is 0 Å². The Kier molecular flexibility index (Phi) is 18.6. The van der Waals surface area contributed by atoms with E-state index in [9.17, 15) is 19.2 Å². The molecule has 0 amide bonds. The molecule has 0 aromatic heterocycles. The average molecular weight is 872 g/mol. The number of Topliss-reactive ketones (excluding diaryl/α,β-unsaturated/α-hetero) is 4. The molecule has 0 heterocycles. The van der Waals surface area contributed by atoms with Gasteiger partial charge in [-0.2, -0.15) is 0 Å². The monoisotopic (exact) mass is 868 g/mol.